The van der Waals surface area contributed by atoms with Crippen LogP contribution in [-0.4, -0.2) is 82.3 Å². The number of amides is 2. The second kappa shape index (κ2) is 9.73. The third kappa shape index (κ3) is 4.75. The SMILES string of the molecule is CNc1nc(C2CCN(C(C)=O)CC2)nc2c1CN(C(=O)C1CCN(C(C)C)CC1)CC2. The van der Waals surface area contributed by atoms with Crippen molar-refractivity contribution in [2.24, 2.45) is 5.92 Å². The van der Waals surface area contributed by atoms with Gasteiger partial charge in [-0.15, -0.1) is 0 Å². The summed E-state index contributed by atoms with van der Waals surface area (Å²) in [6.07, 6.45) is 4.49. The van der Waals surface area contributed by atoms with Crippen molar-refractivity contribution >= 4 is 17.6 Å². The molecule has 0 aromatic carbocycles. The number of carbonyl (C=O) groups excluding carboxylic acids is 2. The molecular formula is C24H38N6O2. The number of nitrogens with one attached hydrogen (secondary N) is 1. The van der Waals surface area contributed by atoms with E-state index in [0.29, 0.717) is 18.5 Å². The molecule has 2 fully saturated rings. The Bertz CT molecular complexity index is 824. The lowest BCUT2D eigenvalue weighted by Gasteiger charge is -2.37. The molecule has 2 amide bonds. The van der Waals surface area contributed by atoms with Crippen LogP contribution >= 0.6 is 0 Å². The molecule has 0 unspecified atom stereocenters. The van der Waals surface area contributed by atoms with Crippen molar-refractivity contribution in [3.63, 3.8) is 0 Å². The van der Waals surface area contributed by atoms with Gasteiger partial charge in [-0.1, -0.05) is 0 Å². The Kier molecular flexibility index (Phi) is 6.98. The molecule has 4 heterocycles. The molecule has 1 N–H and O–H groups in total. The Labute approximate surface area is 191 Å². The summed E-state index contributed by atoms with van der Waals surface area (Å²) in [7, 11) is 1.90. The van der Waals surface area contributed by atoms with Crippen molar-refractivity contribution in [2.75, 3.05) is 45.1 Å². The van der Waals surface area contributed by atoms with E-state index in [-0.39, 0.29) is 17.7 Å². The number of aromatic nitrogens is 2. The van der Waals surface area contributed by atoms with Crippen LogP contribution in [0.1, 0.15) is 69.5 Å². The van der Waals surface area contributed by atoms with Crippen molar-refractivity contribution in [3.8, 4) is 0 Å². The van der Waals surface area contributed by atoms with E-state index in [4.69, 9.17) is 9.97 Å². The number of hydrogen-bond acceptors (Lipinski definition) is 6. The van der Waals surface area contributed by atoms with E-state index in [2.05, 4.69) is 24.1 Å². The topological polar surface area (TPSA) is 81.7 Å². The number of nitrogens with zero attached hydrogens (tertiary/aromatic N) is 5. The number of carbonyl (C=O) groups is 2. The predicted molar refractivity (Wildman–Crippen MR) is 124 cm³/mol. The molecule has 0 radical (unpaired) electrons. The zero-order chi connectivity index (χ0) is 22.8. The van der Waals surface area contributed by atoms with Crippen molar-refractivity contribution in [1.82, 2.24) is 24.7 Å². The highest BCUT2D eigenvalue weighted by molar-refractivity contribution is 5.79. The number of fused-ring (bicyclic) bond motifs is 1. The maximum atomic E-state index is 13.3. The highest BCUT2D eigenvalue weighted by Gasteiger charge is 2.33. The van der Waals surface area contributed by atoms with E-state index < -0.39 is 0 Å². The Balaban J connectivity index is 1.43. The molecule has 176 valence electrons. The first-order valence-electron chi connectivity index (χ1n) is 12.2. The fraction of sp³-hybridized carbons (Fsp3) is 0.750. The first kappa shape index (κ1) is 23.0. The standard InChI is InChI=1S/C24H38N6O2/c1-16(2)28-10-7-19(8-11-28)24(32)30-14-9-21-20(15-30)23(25-4)27-22(26-21)18-5-12-29(13-6-18)17(3)31/h16,18-19H,5-15H2,1-4H3,(H,25,26,27). The predicted octanol–water partition coefficient (Wildman–Crippen LogP) is 2.25. The minimum absolute atomic E-state index is 0.135. The second-order valence-corrected chi connectivity index (χ2v) is 9.80. The number of rotatable bonds is 4. The lowest BCUT2D eigenvalue weighted by Crippen LogP contribution is -2.46. The molecule has 0 spiro atoms. The first-order chi connectivity index (χ1) is 15.4. The molecule has 2 saturated heterocycles. The summed E-state index contributed by atoms with van der Waals surface area (Å²) in [6.45, 7) is 11.0. The van der Waals surface area contributed by atoms with Gasteiger partial charge in [-0.3, -0.25) is 9.59 Å². The normalized spacial score (nSPS) is 21.0. The van der Waals surface area contributed by atoms with E-state index in [1.54, 1.807) is 6.92 Å². The van der Waals surface area contributed by atoms with Crippen LogP contribution in [-0.2, 0) is 22.6 Å². The van der Waals surface area contributed by atoms with Gasteiger partial charge in [-0.2, -0.15) is 0 Å². The van der Waals surface area contributed by atoms with Crippen LogP contribution in [0.5, 0.6) is 0 Å². The van der Waals surface area contributed by atoms with Crippen molar-refractivity contribution in [1.29, 1.82) is 0 Å². The fourth-order valence-corrected chi connectivity index (χ4v) is 5.38. The quantitative estimate of drug-likeness (QED) is 0.770. The summed E-state index contributed by atoms with van der Waals surface area (Å²) in [6, 6.07) is 0.548. The summed E-state index contributed by atoms with van der Waals surface area (Å²) in [5.41, 5.74) is 2.14. The van der Waals surface area contributed by atoms with Crippen molar-refractivity contribution in [3.05, 3.63) is 17.1 Å². The van der Waals surface area contributed by atoms with E-state index >= 15 is 0 Å². The van der Waals surface area contributed by atoms with Crippen LogP contribution in [0.4, 0.5) is 5.82 Å². The average molecular weight is 443 g/mol. The maximum Gasteiger partial charge on any atom is 0.226 e. The molecule has 0 atom stereocenters. The van der Waals surface area contributed by atoms with Gasteiger partial charge in [-0.25, -0.2) is 9.97 Å². The van der Waals surface area contributed by atoms with Crippen LogP contribution in [0.2, 0.25) is 0 Å². The zero-order valence-corrected chi connectivity index (χ0v) is 20.1. The third-order valence-corrected chi connectivity index (χ3v) is 7.54. The number of piperidine rings is 2. The number of anilines is 1. The van der Waals surface area contributed by atoms with Crippen LogP contribution in [0, 0.1) is 5.92 Å². The molecule has 3 aliphatic heterocycles. The minimum atomic E-state index is 0.135. The molecule has 8 nitrogen and oxygen atoms in total. The van der Waals surface area contributed by atoms with Gasteiger partial charge in [0, 0.05) is 63.5 Å². The van der Waals surface area contributed by atoms with E-state index in [9.17, 15) is 9.59 Å². The summed E-state index contributed by atoms with van der Waals surface area (Å²) in [5.74, 6) is 2.60. The molecule has 3 aliphatic rings. The molecular weight excluding hydrogens is 404 g/mol. The molecule has 0 aliphatic carbocycles. The van der Waals surface area contributed by atoms with Gasteiger partial charge >= 0.3 is 0 Å². The smallest absolute Gasteiger partial charge is 0.226 e. The molecule has 8 heteroatoms. The van der Waals surface area contributed by atoms with Gasteiger partial charge in [-0.05, 0) is 52.6 Å². The third-order valence-electron chi connectivity index (χ3n) is 7.54. The van der Waals surface area contributed by atoms with E-state index in [0.717, 1.165) is 87.7 Å². The number of likely N-dealkylation sites (tertiary alicyclic amines) is 2. The largest absolute Gasteiger partial charge is 0.373 e. The first-order valence-corrected chi connectivity index (χ1v) is 12.2. The highest BCUT2D eigenvalue weighted by Crippen LogP contribution is 2.31. The monoisotopic (exact) mass is 442 g/mol. The molecule has 1 aromatic rings. The Hall–Kier alpha value is -2.22. The Morgan fingerprint density at radius 3 is 2.25 bits per heavy atom. The molecule has 0 bridgehead atoms. The van der Waals surface area contributed by atoms with Gasteiger partial charge in [0.2, 0.25) is 11.8 Å². The average Bonchev–Trinajstić information content (AvgIpc) is 2.82. The zero-order valence-electron chi connectivity index (χ0n) is 20.1. The van der Waals surface area contributed by atoms with Crippen LogP contribution in [0.25, 0.3) is 0 Å². The molecule has 0 saturated carbocycles. The molecule has 1 aromatic heterocycles. The summed E-state index contributed by atoms with van der Waals surface area (Å²) in [5, 5.41) is 3.26. The van der Waals surface area contributed by atoms with Gasteiger partial charge < -0.3 is 20.0 Å². The van der Waals surface area contributed by atoms with E-state index in [1.165, 1.54) is 0 Å². The lowest BCUT2D eigenvalue weighted by molar-refractivity contribution is -0.138. The van der Waals surface area contributed by atoms with Crippen molar-refractivity contribution in [2.45, 2.75) is 71.4 Å². The van der Waals surface area contributed by atoms with E-state index in [1.807, 2.05) is 16.8 Å². The fourth-order valence-electron chi connectivity index (χ4n) is 5.38. The molecule has 4 rings (SSSR count). The van der Waals surface area contributed by atoms with Crippen LogP contribution in [0.3, 0.4) is 0 Å². The van der Waals surface area contributed by atoms with Gasteiger partial charge in [0.1, 0.15) is 11.6 Å². The summed E-state index contributed by atoms with van der Waals surface area (Å²) >= 11 is 0. The lowest BCUT2D eigenvalue weighted by atomic mass is 9.93. The van der Waals surface area contributed by atoms with Gasteiger partial charge in [0.25, 0.3) is 0 Å². The minimum Gasteiger partial charge on any atom is -0.373 e. The summed E-state index contributed by atoms with van der Waals surface area (Å²) in [4.78, 5) is 41.1. The second-order valence-electron chi connectivity index (χ2n) is 9.80. The Morgan fingerprint density at radius 2 is 1.66 bits per heavy atom. The van der Waals surface area contributed by atoms with Gasteiger partial charge in [0.05, 0.1) is 12.2 Å². The van der Waals surface area contributed by atoms with Crippen LogP contribution in [0.15, 0.2) is 0 Å². The highest BCUT2D eigenvalue weighted by atomic mass is 16.2. The Morgan fingerprint density at radius 1 is 0.969 bits per heavy atom. The number of hydrogen-bond donors (Lipinski definition) is 1. The maximum absolute atomic E-state index is 13.3. The molecule has 32 heavy (non-hydrogen) atoms. The summed E-state index contributed by atoms with van der Waals surface area (Å²) < 4.78 is 0. The van der Waals surface area contributed by atoms with Crippen LogP contribution < -0.4 is 5.32 Å². The van der Waals surface area contributed by atoms with Crippen molar-refractivity contribution < 1.29 is 9.59 Å². The van der Waals surface area contributed by atoms with Gasteiger partial charge in [0.15, 0.2) is 0 Å².